The molecular formula is C33H51N3O5. The van der Waals surface area contributed by atoms with E-state index in [4.69, 9.17) is 9.15 Å². The van der Waals surface area contributed by atoms with Crippen molar-refractivity contribution in [3.8, 4) is 11.5 Å². The minimum absolute atomic E-state index is 0.00178. The minimum Gasteiger partial charge on any atom is -0.465 e. The molecular weight excluding hydrogens is 518 g/mol. The summed E-state index contributed by atoms with van der Waals surface area (Å²) in [5.74, 6) is 0.359. The quantitative estimate of drug-likeness (QED) is 0.108. The maximum absolute atomic E-state index is 13.1. The number of rotatable bonds is 23. The summed E-state index contributed by atoms with van der Waals surface area (Å²) in [6, 6.07) is 6.75. The van der Waals surface area contributed by atoms with Gasteiger partial charge in [0.2, 0.25) is 17.7 Å². The summed E-state index contributed by atoms with van der Waals surface area (Å²) in [6.07, 6.45) is 16.7. The smallest absolute Gasteiger partial charge is 0.337 e. The fraction of sp³-hybridized carbons (Fsp3) is 0.667. The van der Waals surface area contributed by atoms with Crippen molar-refractivity contribution in [1.82, 2.24) is 15.5 Å². The van der Waals surface area contributed by atoms with Crippen LogP contribution in [0.15, 0.2) is 28.7 Å². The Morgan fingerprint density at radius 1 is 0.805 bits per heavy atom. The molecule has 0 saturated carbocycles. The van der Waals surface area contributed by atoms with Crippen LogP contribution in [0, 0.1) is 5.92 Å². The monoisotopic (exact) mass is 569 g/mol. The third-order valence-electron chi connectivity index (χ3n) is 7.46. The Morgan fingerprint density at radius 2 is 1.41 bits per heavy atom. The van der Waals surface area contributed by atoms with E-state index in [-0.39, 0.29) is 11.8 Å². The molecule has 0 saturated heterocycles. The highest BCUT2D eigenvalue weighted by atomic mass is 16.5. The number of Topliss-reactive ketones (excluding diaryl/α,β-unsaturated/α-hetero) is 1. The zero-order valence-electron chi connectivity index (χ0n) is 25.6. The zero-order chi connectivity index (χ0) is 29.7. The molecule has 1 atom stereocenters. The second-order valence-electron chi connectivity index (χ2n) is 11.0. The Labute approximate surface area is 246 Å². The number of carbonyl (C=O) groups excluding carboxylic acids is 3. The minimum atomic E-state index is -0.411. The van der Waals surface area contributed by atoms with Gasteiger partial charge in [-0.2, -0.15) is 0 Å². The van der Waals surface area contributed by atoms with E-state index in [9.17, 15) is 14.4 Å². The van der Waals surface area contributed by atoms with Gasteiger partial charge in [0.1, 0.15) is 5.78 Å². The van der Waals surface area contributed by atoms with Gasteiger partial charge in [-0.05, 0) is 49.9 Å². The number of nitrogens with zero attached hydrogens (tertiary/aromatic N) is 2. The first kappa shape index (κ1) is 34.2. The standard InChI is InChI=1S/C33H51N3O5/c1-4-6-8-10-11-12-13-18-29(37)19-15-14-17-28(31(38)34-24-16-9-7-5-2)25-30-35-36-32(41-30)26-20-22-27(23-21-26)33(39)40-3/h20-23,28H,4-19,24-25H2,1-3H3,(H,34,38)/t28-/m0/s1. The number of esters is 1. The molecule has 0 aliphatic heterocycles. The summed E-state index contributed by atoms with van der Waals surface area (Å²) in [7, 11) is 1.34. The summed E-state index contributed by atoms with van der Waals surface area (Å²) in [5.41, 5.74) is 1.13. The summed E-state index contributed by atoms with van der Waals surface area (Å²) < 4.78 is 10.6. The topological polar surface area (TPSA) is 111 Å². The number of hydrogen-bond donors (Lipinski definition) is 1. The van der Waals surface area contributed by atoms with Crippen LogP contribution in [0.1, 0.15) is 133 Å². The van der Waals surface area contributed by atoms with Crippen LogP contribution in [0.5, 0.6) is 0 Å². The van der Waals surface area contributed by atoms with E-state index in [0.717, 1.165) is 51.4 Å². The van der Waals surface area contributed by atoms with Crippen molar-refractivity contribution < 1.29 is 23.5 Å². The number of ether oxygens (including phenoxy) is 1. The number of nitrogens with one attached hydrogen (secondary N) is 1. The molecule has 0 spiro atoms. The van der Waals surface area contributed by atoms with Crippen molar-refractivity contribution in [3.05, 3.63) is 35.7 Å². The van der Waals surface area contributed by atoms with Crippen molar-refractivity contribution in [2.45, 2.75) is 123 Å². The maximum Gasteiger partial charge on any atom is 0.337 e. The van der Waals surface area contributed by atoms with E-state index in [1.54, 1.807) is 24.3 Å². The van der Waals surface area contributed by atoms with Gasteiger partial charge in [0.25, 0.3) is 0 Å². The van der Waals surface area contributed by atoms with Crippen LogP contribution in [-0.4, -0.2) is 41.5 Å². The molecule has 1 heterocycles. The molecule has 8 nitrogen and oxygen atoms in total. The number of methoxy groups -OCH3 is 1. The first-order chi connectivity index (χ1) is 20.0. The molecule has 0 unspecified atom stereocenters. The lowest BCUT2D eigenvalue weighted by Gasteiger charge is -2.15. The van der Waals surface area contributed by atoms with Crippen molar-refractivity contribution in [2.24, 2.45) is 5.92 Å². The van der Waals surface area contributed by atoms with Gasteiger partial charge in [-0.25, -0.2) is 4.79 Å². The molecule has 0 bridgehead atoms. The molecule has 2 rings (SSSR count). The van der Waals surface area contributed by atoms with Crippen LogP contribution in [0.4, 0.5) is 0 Å². The molecule has 228 valence electrons. The predicted octanol–water partition coefficient (Wildman–Crippen LogP) is 7.65. The van der Waals surface area contributed by atoms with Crippen LogP contribution >= 0.6 is 0 Å². The fourth-order valence-corrected chi connectivity index (χ4v) is 4.88. The molecule has 2 aromatic rings. The summed E-state index contributed by atoms with van der Waals surface area (Å²) >= 11 is 0. The Morgan fingerprint density at radius 3 is 2.07 bits per heavy atom. The van der Waals surface area contributed by atoms with Gasteiger partial charge in [-0.15, -0.1) is 10.2 Å². The molecule has 0 aliphatic rings. The SMILES string of the molecule is CCCCCCCCCC(=O)CCCC[C@@H](Cc1nnc(-c2ccc(C(=O)OC)cc2)o1)C(=O)NCCCCCC. The average molecular weight is 570 g/mol. The van der Waals surface area contributed by atoms with Gasteiger partial charge in [0.15, 0.2) is 0 Å². The fourth-order valence-electron chi connectivity index (χ4n) is 4.88. The second-order valence-corrected chi connectivity index (χ2v) is 11.0. The lowest BCUT2D eigenvalue weighted by Crippen LogP contribution is -2.32. The Bertz CT molecular complexity index is 1020. The van der Waals surface area contributed by atoms with E-state index >= 15 is 0 Å². The van der Waals surface area contributed by atoms with Crippen LogP contribution < -0.4 is 5.32 Å². The Hall–Kier alpha value is -3.03. The Balaban J connectivity index is 1.86. The average Bonchev–Trinajstić information content (AvgIpc) is 3.46. The molecule has 1 N–H and O–H groups in total. The lowest BCUT2D eigenvalue weighted by atomic mass is 9.95. The maximum atomic E-state index is 13.1. The second kappa shape index (κ2) is 20.8. The normalized spacial score (nSPS) is 11.8. The van der Waals surface area contributed by atoms with E-state index in [1.165, 1.54) is 39.2 Å². The summed E-state index contributed by atoms with van der Waals surface area (Å²) in [6.45, 7) is 5.05. The van der Waals surface area contributed by atoms with Gasteiger partial charge in [0, 0.05) is 37.3 Å². The summed E-state index contributed by atoms with van der Waals surface area (Å²) in [5, 5.41) is 11.4. The van der Waals surface area contributed by atoms with Crippen LogP contribution in [0.2, 0.25) is 0 Å². The molecule has 1 amide bonds. The van der Waals surface area contributed by atoms with Crippen molar-refractivity contribution in [1.29, 1.82) is 0 Å². The lowest BCUT2D eigenvalue weighted by molar-refractivity contribution is -0.125. The van der Waals surface area contributed by atoms with Crippen molar-refractivity contribution >= 4 is 17.7 Å². The highest BCUT2D eigenvalue weighted by Gasteiger charge is 2.22. The first-order valence-electron chi connectivity index (χ1n) is 15.8. The molecule has 0 fully saturated rings. The van der Waals surface area contributed by atoms with Gasteiger partial charge in [-0.3, -0.25) is 9.59 Å². The highest BCUT2D eigenvalue weighted by molar-refractivity contribution is 5.89. The van der Waals surface area contributed by atoms with Gasteiger partial charge < -0.3 is 14.5 Å². The number of benzene rings is 1. The molecule has 41 heavy (non-hydrogen) atoms. The number of unbranched alkanes of at least 4 members (excludes halogenated alkanes) is 10. The Kier molecular flexibility index (Phi) is 17.3. The number of carbonyl (C=O) groups is 3. The molecule has 8 heteroatoms. The van der Waals surface area contributed by atoms with E-state index < -0.39 is 5.97 Å². The predicted molar refractivity (Wildman–Crippen MR) is 162 cm³/mol. The molecule has 0 aliphatic carbocycles. The molecule has 1 aromatic carbocycles. The first-order valence-corrected chi connectivity index (χ1v) is 15.8. The molecule has 0 radical (unpaired) electrons. The van der Waals surface area contributed by atoms with Gasteiger partial charge >= 0.3 is 5.97 Å². The van der Waals surface area contributed by atoms with Crippen LogP contribution in [0.25, 0.3) is 11.5 Å². The number of ketones is 1. The van der Waals surface area contributed by atoms with E-state index in [2.05, 4.69) is 29.4 Å². The third-order valence-corrected chi connectivity index (χ3v) is 7.46. The number of amides is 1. The zero-order valence-corrected chi connectivity index (χ0v) is 25.6. The number of hydrogen-bond acceptors (Lipinski definition) is 7. The third kappa shape index (κ3) is 13.9. The van der Waals surface area contributed by atoms with Crippen LogP contribution in [0.3, 0.4) is 0 Å². The van der Waals surface area contributed by atoms with Crippen molar-refractivity contribution in [2.75, 3.05) is 13.7 Å². The van der Waals surface area contributed by atoms with E-state index in [0.29, 0.717) is 60.9 Å². The van der Waals surface area contributed by atoms with Crippen molar-refractivity contribution in [3.63, 3.8) is 0 Å². The van der Waals surface area contributed by atoms with E-state index in [1.807, 2.05) is 0 Å². The number of aromatic nitrogens is 2. The van der Waals surface area contributed by atoms with Gasteiger partial charge in [-0.1, -0.05) is 78.1 Å². The summed E-state index contributed by atoms with van der Waals surface area (Å²) in [4.78, 5) is 37.1. The largest absolute Gasteiger partial charge is 0.465 e. The van der Waals surface area contributed by atoms with Crippen LogP contribution in [-0.2, 0) is 20.7 Å². The molecule has 1 aromatic heterocycles. The highest BCUT2D eigenvalue weighted by Crippen LogP contribution is 2.22. The van der Waals surface area contributed by atoms with Gasteiger partial charge in [0.05, 0.1) is 12.7 Å².